The van der Waals surface area contributed by atoms with E-state index in [9.17, 15) is 4.79 Å². The molecule has 1 aliphatic heterocycles. The van der Waals surface area contributed by atoms with Crippen molar-refractivity contribution < 1.29 is 18.7 Å². The van der Waals surface area contributed by atoms with Crippen molar-refractivity contribution in [1.82, 2.24) is 10.2 Å². The number of hydrogen-bond acceptors (Lipinski definition) is 6. The van der Waals surface area contributed by atoms with Gasteiger partial charge in [-0.05, 0) is 57.2 Å². The van der Waals surface area contributed by atoms with E-state index < -0.39 is 17.1 Å². The smallest absolute Gasteiger partial charge is 0.258 e. The molecule has 0 spiro atoms. The Labute approximate surface area is 240 Å². The Kier molecular flexibility index (Phi) is 12.3. The molecule has 40 heavy (non-hydrogen) atoms. The average Bonchev–Trinajstić information content (AvgIpc) is 2.96. The fourth-order valence-electron chi connectivity index (χ4n) is 5.80. The van der Waals surface area contributed by atoms with Crippen molar-refractivity contribution in [1.29, 1.82) is 0 Å². The van der Waals surface area contributed by atoms with Crippen LogP contribution >= 0.6 is 0 Å². The van der Waals surface area contributed by atoms with Gasteiger partial charge in [-0.1, -0.05) is 56.2 Å². The molecule has 222 valence electrons. The zero-order chi connectivity index (χ0) is 29.0. The largest absolute Gasteiger partial charge is 0.382 e. The zero-order valence-corrected chi connectivity index (χ0v) is 24.7. The van der Waals surface area contributed by atoms with Crippen molar-refractivity contribution in [2.75, 3.05) is 40.0 Å². The molecule has 8 heteroatoms. The molecule has 1 heterocycles. The van der Waals surface area contributed by atoms with E-state index in [4.69, 9.17) is 20.2 Å². The number of rotatable bonds is 14. The van der Waals surface area contributed by atoms with Gasteiger partial charge in [-0.25, -0.2) is 9.38 Å². The molecule has 1 aromatic carbocycles. The number of amides is 1. The maximum atomic E-state index is 16.0. The molecular formula is C32H49FN4O3. The lowest BCUT2D eigenvalue weighted by Crippen LogP contribution is -2.60. The Hall–Kier alpha value is -2.55. The van der Waals surface area contributed by atoms with Crippen molar-refractivity contribution in [3.63, 3.8) is 0 Å². The summed E-state index contributed by atoms with van der Waals surface area (Å²) in [6.07, 6.45) is 10.4. The van der Waals surface area contributed by atoms with Gasteiger partial charge in [0.15, 0.2) is 5.67 Å². The fourth-order valence-corrected chi connectivity index (χ4v) is 5.80. The minimum absolute atomic E-state index is 0.105. The third-order valence-electron chi connectivity index (χ3n) is 8.42. The summed E-state index contributed by atoms with van der Waals surface area (Å²) in [4.78, 5) is 20.0. The second-order valence-corrected chi connectivity index (χ2v) is 11.4. The molecule has 1 unspecified atom stereocenters. The molecule has 2 aliphatic rings. The number of carbonyl (C=O) groups excluding carboxylic acids is 1. The van der Waals surface area contributed by atoms with Gasteiger partial charge in [-0.3, -0.25) is 4.79 Å². The van der Waals surface area contributed by atoms with Crippen LogP contribution in [0.4, 0.5) is 4.39 Å². The number of ether oxygens (including phenoxy) is 2. The first kappa shape index (κ1) is 32.0. The topological polar surface area (TPSA) is 89.2 Å². The average molecular weight is 557 g/mol. The molecule has 0 bridgehead atoms. The van der Waals surface area contributed by atoms with Crippen LogP contribution in [0.15, 0.2) is 53.8 Å². The molecule has 3 rings (SSSR count). The number of aliphatic imine (C=N–C) groups is 1. The number of nitrogens with zero attached hydrogens (tertiary/aromatic N) is 2. The summed E-state index contributed by atoms with van der Waals surface area (Å²) in [5.74, 6) is 0.412. The van der Waals surface area contributed by atoms with Gasteiger partial charge >= 0.3 is 0 Å². The Bertz CT molecular complexity index is 1010. The number of allylic oxidation sites excluding steroid dienone is 2. The number of nitrogens with two attached hydrogens (primary N) is 1. The minimum atomic E-state index is -1.90. The number of alkyl halides is 1. The van der Waals surface area contributed by atoms with Crippen LogP contribution in [0.2, 0.25) is 0 Å². The van der Waals surface area contributed by atoms with Crippen LogP contribution in [0.3, 0.4) is 0 Å². The van der Waals surface area contributed by atoms with Crippen molar-refractivity contribution in [3.8, 4) is 0 Å². The first-order valence-corrected chi connectivity index (χ1v) is 14.8. The van der Waals surface area contributed by atoms with Crippen molar-refractivity contribution in [2.24, 2.45) is 16.6 Å². The van der Waals surface area contributed by atoms with E-state index in [2.05, 4.69) is 11.9 Å². The number of hydrogen-bond donors (Lipinski definition) is 2. The Morgan fingerprint density at radius 2 is 1.90 bits per heavy atom. The first-order chi connectivity index (χ1) is 19.2. The van der Waals surface area contributed by atoms with Crippen LogP contribution in [0.1, 0.15) is 76.3 Å². The fraction of sp³-hybridized carbons (Fsp3) is 0.625. The zero-order valence-electron chi connectivity index (χ0n) is 24.7. The van der Waals surface area contributed by atoms with Crippen LogP contribution in [-0.4, -0.2) is 67.7 Å². The van der Waals surface area contributed by atoms with E-state index in [-0.39, 0.29) is 12.8 Å². The summed E-state index contributed by atoms with van der Waals surface area (Å²) < 4.78 is 26.6. The number of piperidine rings is 1. The Balaban J connectivity index is 1.61. The highest BCUT2D eigenvalue weighted by molar-refractivity contribution is 6.09. The van der Waals surface area contributed by atoms with Crippen LogP contribution in [-0.2, 0) is 20.9 Å². The SMILES string of the molecule is C=C(/N=C(\C=C/C)c1ccc(COCCOC)cc1)N1CCC(F)(C(=O)NC(C)(CCN)C2CCCCC2)CC1. The molecular weight excluding hydrogens is 507 g/mol. The summed E-state index contributed by atoms with van der Waals surface area (Å²) in [5, 5.41) is 3.13. The highest BCUT2D eigenvalue weighted by Crippen LogP contribution is 2.36. The standard InChI is InChI=1S/C32H49FN4O3/c1-5-9-29(27-14-12-26(13-15-27)24-40-23-22-39-4)35-25(2)37-20-17-32(33,18-21-37)30(38)36-31(3,16-19-34)28-10-7-6-8-11-28/h5,9,12-15,28H,2,6-8,10-11,16-24,34H2,1,3-4H3,(H,36,38)/b9-5-,35-29+. The lowest BCUT2D eigenvalue weighted by molar-refractivity contribution is -0.138. The van der Waals surface area contributed by atoms with Gasteiger partial charge in [0, 0.05) is 44.1 Å². The van der Waals surface area contributed by atoms with Gasteiger partial charge < -0.3 is 25.4 Å². The van der Waals surface area contributed by atoms with E-state index >= 15 is 4.39 Å². The Morgan fingerprint density at radius 1 is 1.23 bits per heavy atom. The second-order valence-electron chi connectivity index (χ2n) is 11.4. The lowest BCUT2D eigenvalue weighted by atomic mass is 9.73. The van der Waals surface area contributed by atoms with Crippen LogP contribution in [0, 0.1) is 5.92 Å². The summed E-state index contributed by atoms with van der Waals surface area (Å²) in [6, 6.07) is 8.07. The van der Waals surface area contributed by atoms with Gasteiger partial charge in [0.25, 0.3) is 5.91 Å². The number of halogens is 1. The third-order valence-corrected chi connectivity index (χ3v) is 8.42. The summed E-state index contributed by atoms with van der Waals surface area (Å²) in [5.41, 5.74) is 6.34. The van der Waals surface area contributed by atoms with Gasteiger partial charge in [-0.2, -0.15) is 0 Å². The molecule has 1 aromatic rings. The summed E-state index contributed by atoms with van der Waals surface area (Å²) in [7, 11) is 1.65. The maximum Gasteiger partial charge on any atom is 0.258 e. The molecule has 1 aliphatic carbocycles. The van der Waals surface area contributed by atoms with Crippen molar-refractivity contribution in [2.45, 2.75) is 83.0 Å². The van der Waals surface area contributed by atoms with Gasteiger partial charge in [0.05, 0.1) is 25.5 Å². The van der Waals surface area contributed by atoms with E-state index in [1.807, 2.05) is 55.2 Å². The van der Waals surface area contributed by atoms with E-state index in [0.717, 1.165) is 42.5 Å². The van der Waals surface area contributed by atoms with Crippen LogP contribution < -0.4 is 11.1 Å². The minimum Gasteiger partial charge on any atom is -0.382 e. The second kappa shape index (κ2) is 15.5. The quantitative estimate of drug-likeness (QED) is 0.240. The van der Waals surface area contributed by atoms with Crippen molar-refractivity contribution >= 4 is 11.6 Å². The van der Waals surface area contributed by atoms with Crippen molar-refractivity contribution in [3.05, 3.63) is 59.9 Å². The van der Waals surface area contributed by atoms with E-state index in [1.54, 1.807) is 7.11 Å². The maximum absolute atomic E-state index is 16.0. The molecule has 3 N–H and O–H groups in total. The monoisotopic (exact) mass is 556 g/mol. The predicted octanol–water partition coefficient (Wildman–Crippen LogP) is 5.29. The summed E-state index contributed by atoms with van der Waals surface area (Å²) in [6.45, 7) is 11.0. The molecule has 1 atom stereocenters. The van der Waals surface area contributed by atoms with Gasteiger partial charge in [-0.15, -0.1) is 0 Å². The molecule has 0 aromatic heterocycles. The molecule has 1 saturated carbocycles. The highest BCUT2D eigenvalue weighted by Gasteiger charge is 2.46. The molecule has 7 nitrogen and oxygen atoms in total. The molecule has 1 saturated heterocycles. The molecule has 0 radical (unpaired) electrons. The van der Waals surface area contributed by atoms with E-state index in [0.29, 0.717) is 57.6 Å². The molecule has 2 fully saturated rings. The number of benzene rings is 1. The number of carbonyl (C=O) groups is 1. The normalized spacial score (nSPS) is 19.9. The summed E-state index contributed by atoms with van der Waals surface area (Å²) >= 11 is 0. The Morgan fingerprint density at radius 3 is 2.50 bits per heavy atom. The number of likely N-dealkylation sites (tertiary alicyclic amines) is 1. The lowest BCUT2D eigenvalue weighted by Gasteiger charge is -2.43. The van der Waals surface area contributed by atoms with Crippen LogP contribution in [0.5, 0.6) is 0 Å². The first-order valence-electron chi connectivity index (χ1n) is 14.8. The highest BCUT2D eigenvalue weighted by atomic mass is 19.1. The van der Waals surface area contributed by atoms with Gasteiger partial charge in [0.2, 0.25) is 0 Å². The van der Waals surface area contributed by atoms with Gasteiger partial charge in [0.1, 0.15) is 5.82 Å². The number of nitrogens with one attached hydrogen (secondary N) is 1. The predicted molar refractivity (Wildman–Crippen MR) is 160 cm³/mol. The third kappa shape index (κ3) is 8.72. The van der Waals surface area contributed by atoms with Crippen LogP contribution in [0.25, 0.3) is 0 Å². The number of methoxy groups -OCH3 is 1. The van der Waals surface area contributed by atoms with E-state index in [1.165, 1.54) is 6.42 Å². The molecule has 1 amide bonds.